The van der Waals surface area contributed by atoms with Gasteiger partial charge >= 0.3 is 12.4 Å². The van der Waals surface area contributed by atoms with Gasteiger partial charge in [-0.15, -0.1) is 10.2 Å². The van der Waals surface area contributed by atoms with Crippen LogP contribution >= 0.6 is 11.3 Å². The molecule has 2 aromatic carbocycles. The van der Waals surface area contributed by atoms with Crippen LogP contribution in [0.3, 0.4) is 0 Å². The Bertz CT molecular complexity index is 1100. The van der Waals surface area contributed by atoms with Gasteiger partial charge in [0, 0.05) is 0 Å². The molecular weight excluding hydrogens is 460 g/mol. The molecule has 0 amide bonds. The van der Waals surface area contributed by atoms with Crippen molar-refractivity contribution in [2.45, 2.75) is 17.2 Å². The van der Waals surface area contributed by atoms with Crippen LogP contribution in [0, 0.1) is 0 Å². The molecule has 30 heavy (non-hydrogen) atoms. The predicted molar refractivity (Wildman–Crippen MR) is 93.7 cm³/mol. The van der Waals surface area contributed by atoms with Gasteiger partial charge in [-0.25, -0.2) is 8.42 Å². The second-order valence-electron chi connectivity index (χ2n) is 5.66. The number of alkyl halides is 6. The molecule has 1 N–H and O–H groups in total. The zero-order valence-electron chi connectivity index (χ0n) is 14.3. The average Bonchev–Trinajstić information content (AvgIpc) is 3.13. The lowest BCUT2D eigenvalue weighted by molar-refractivity contribution is -0.143. The van der Waals surface area contributed by atoms with E-state index in [1.807, 2.05) is 0 Å². The van der Waals surface area contributed by atoms with Gasteiger partial charge < -0.3 is 4.74 Å². The van der Waals surface area contributed by atoms with Gasteiger partial charge in [0.2, 0.25) is 5.13 Å². The van der Waals surface area contributed by atoms with Gasteiger partial charge in [0.1, 0.15) is 17.0 Å². The Kier molecular flexibility index (Phi) is 5.64. The van der Waals surface area contributed by atoms with Crippen LogP contribution < -0.4 is 9.46 Å². The van der Waals surface area contributed by atoms with Crippen LogP contribution in [0.25, 0.3) is 0 Å². The third-order valence-corrected chi connectivity index (χ3v) is 5.60. The molecule has 0 aliphatic carbocycles. The lowest BCUT2D eigenvalue weighted by Crippen LogP contribution is -2.12. The van der Waals surface area contributed by atoms with E-state index in [0.717, 1.165) is 35.6 Å². The molecule has 160 valence electrons. The number of hydrogen-bond acceptors (Lipinski definition) is 6. The highest BCUT2D eigenvalue weighted by atomic mass is 32.2. The summed E-state index contributed by atoms with van der Waals surface area (Å²) in [4.78, 5) is -0.231. The van der Waals surface area contributed by atoms with Gasteiger partial charge in [0.05, 0.1) is 16.0 Å². The fourth-order valence-electron chi connectivity index (χ4n) is 2.20. The summed E-state index contributed by atoms with van der Waals surface area (Å²) in [6.07, 6.45) is -10.0. The third kappa shape index (κ3) is 5.18. The minimum atomic E-state index is -5.02. The minimum Gasteiger partial charge on any atom is -0.457 e. The Morgan fingerprint density at radius 1 is 0.867 bits per heavy atom. The highest BCUT2D eigenvalue weighted by Crippen LogP contribution is 2.39. The van der Waals surface area contributed by atoms with Gasteiger partial charge in [-0.1, -0.05) is 11.3 Å². The number of halogens is 6. The van der Waals surface area contributed by atoms with Crippen LogP contribution in [0.4, 0.5) is 31.5 Å². The van der Waals surface area contributed by atoms with E-state index in [0.29, 0.717) is 12.1 Å². The lowest BCUT2D eigenvalue weighted by Gasteiger charge is -2.15. The monoisotopic (exact) mass is 469 g/mol. The number of aromatic nitrogens is 2. The van der Waals surface area contributed by atoms with E-state index in [1.165, 1.54) is 5.51 Å². The van der Waals surface area contributed by atoms with Crippen molar-refractivity contribution in [1.29, 1.82) is 0 Å². The van der Waals surface area contributed by atoms with Crippen molar-refractivity contribution in [3.63, 3.8) is 0 Å². The van der Waals surface area contributed by atoms with Crippen molar-refractivity contribution in [3.8, 4) is 11.5 Å². The largest absolute Gasteiger partial charge is 0.457 e. The Morgan fingerprint density at radius 3 is 1.90 bits per heavy atom. The minimum absolute atomic E-state index is 0.0129. The summed E-state index contributed by atoms with van der Waals surface area (Å²) in [6.45, 7) is 0. The second-order valence-corrected chi connectivity index (χ2v) is 8.18. The fraction of sp³-hybridized carbons (Fsp3) is 0.125. The Labute approximate surface area is 169 Å². The first-order chi connectivity index (χ1) is 13.8. The highest BCUT2D eigenvalue weighted by Gasteiger charge is 2.37. The van der Waals surface area contributed by atoms with Gasteiger partial charge in [-0.05, 0) is 42.5 Å². The Hall–Kier alpha value is -2.87. The summed E-state index contributed by atoms with van der Waals surface area (Å²) in [7, 11) is -4.02. The molecule has 0 atom stereocenters. The molecule has 0 spiro atoms. The molecule has 3 rings (SSSR count). The van der Waals surface area contributed by atoms with E-state index in [9.17, 15) is 34.8 Å². The van der Waals surface area contributed by atoms with E-state index in [4.69, 9.17) is 4.74 Å². The molecule has 0 saturated heterocycles. The maximum Gasteiger partial charge on any atom is 0.416 e. The lowest BCUT2D eigenvalue weighted by atomic mass is 10.1. The van der Waals surface area contributed by atoms with Gasteiger partial charge in [0.15, 0.2) is 0 Å². The number of anilines is 1. The van der Waals surface area contributed by atoms with Crippen LogP contribution in [0.15, 0.2) is 52.9 Å². The van der Waals surface area contributed by atoms with Crippen LogP contribution in [0.2, 0.25) is 0 Å². The Balaban J connectivity index is 1.86. The second kappa shape index (κ2) is 7.75. The molecule has 0 aliphatic heterocycles. The molecule has 1 aromatic heterocycles. The van der Waals surface area contributed by atoms with Crippen LogP contribution in [-0.4, -0.2) is 18.6 Å². The predicted octanol–water partition coefficient (Wildman–Crippen LogP) is 5.17. The van der Waals surface area contributed by atoms with E-state index in [2.05, 4.69) is 14.9 Å². The molecule has 0 fully saturated rings. The van der Waals surface area contributed by atoms with Crippen LogP contribution in [-0.2, 0) is 22.4 Å². The van der Waals surface area contributed by atoms with Crippen molar-refractivity contribution in [2.75, 3.05) is 4.72 Å². The smallest absolute Gasteiger partial charge is 0.416 e. The van der Waals surface area contributed by atoms with Gasteiger partial charge in [-0.2, -0.15) is 26.3 Å². The molecule has 14 heteroatoms. The topological polar surface area (TPSA) is 81.2 Å². The summed E-state index contributed by atoms with van der Waals surface area (Å²) in [5.74, 6) is -0.878. The number of sulfonamides is 1. The number of nitrogens with one attached hydrogen (secondary N) is 1. The zero-order valence-corrected chi connectivity index (χ0v) is 16.0. The number of rotatable bonds is 5. The van der Waals surface area contributed by atoms with Gasteiger partial charge in [-0.3, -0.25) is 4.72 Å². The molecule has 0 aliphatic rings. The molecule has 0 bridgehead atoms. The van der Waals surface area contributed by atoms with E-state index in [1.54, 1.807) is 0 Å². The van der Waals surface area contributed by atoms with E-state index in [-0.39, 0.29) is 21.8 Å². The summed E-state index contributed by atoms with van der Waals surface area (Å²) in [5.41, 5.74) is -1.76. The first kappa shape index (κ1) is 21.8. The Morgan fingerprint density at radius 2 is 1.43 bits per heavy atom. The average molecular weight is 469 g/mol. The summed E-state index contributed by atoms with van der Waals surface area (Å²) in [6, 6.07) is 5.10. The molecule has 0 radical (unpaired) electrons. The number of hydrogen-bond donors (Lipinski definition) is 1. The van der Waals surface area contributed by atoms with Crippen molar-refractivity contribution < 1.29 is 39.5 Å². The van der Waals surface area contributed by atoms with Crippen molar-refractivity contribution in [3.05, 3.63) is 59.1 Å². The molecule has 1 heterocycles. The van der Waals surface area contributed by atoms with Crippen molar-refractivity contribution in [1.82, 2.24) is 10.2 Å². The molecule has 3 aromatic rings. The SMILES string of the molecule is O=S(=O)(Nc1nncs1)c1ccc(Oc2cc(C(F)(F)F)cc(C(F)(F)F)c2)cc1. The molecule has 6 nitrogen and oxygen atoms in total. The van der Waals surface area contributed by atoms with E-state index < -0.39 is 39.3 Å². The standard InChI is InChI=1S/C16H9F6N3O3S2/c17-15(18,19)9-5-10(16(20,21)22)7-12(6-9)28-11-1-3-13(4-2-11)30(26,27)25-14-24-23-8-29-14/h1-8H,(H,24,25). The summed E-state index contributed by atoms with van der Waals surface area (Å²) >= 11 is 0.935. The van der Waals surface area contributed by atoms with Crippen LogP contribution in [0.5, 0.6) is 11.5 Å². The summed E-state index contributed by atoms with van der Waals surface area (Å²) in [5, 5.41) is 7.01. The van der Waals surface area contributed by atoms with Crippen molar-refractivity contribution >= 4 is 26.5 Å². The van der Waals surface area contributed by atoms with Gasteiger partial charge in [0.25, 0.3) is 10.0 Å². The van der Waals surface area contributed by atoms with E-state index >= 15 is 0 Å². The molecular formula is C16H9F6N3O3S2. The first-order valence-electron chi connectivity index (χ1n) is 7.71. The number of ether oxygens (including phenoxy) is 1. The molecule has 0 unspecified atom stereocenters. The summed E-state index contributed by atoms with van der Waals surface area (Å²) < 4.78 is 109. The fourth-order valence-corrected chi connectivity index (χ4v) is 3.89. The maximum atomic E-state index is 12.9. The quantitative estimate of drug-likeness (QED) is 0.522. The van der Waals surface area contributed by atoms with Crippen LogP contribution in [0.1, 0.15) is 11.1 Å². The normalized spacial score (nSPS) is 12.6. The highest BCUT2D eigenvalue weighted by molar-refractivity contribution is 7.93. The number of benzene rings is 2. The number of nitrogens with zero attached hydrogens (tertiary/aromatic N) is 2. The van der Waals surface area contributed by atoms with Crippen molar-refractivity contribution in [2.24, 2.45) is 0 Å². The zero-order chi connectivity index (χ0) is 22.2. The molecule has 0 saturated carbocycles. The third-order valence-electron chi connectivity index (χ3n) is 3.51. The first-order valence-corrected chi connectivity index (χ1v) is 10.1. The maximum absolute atomic E-state index is 12.9.